The Hall–Kier alpha value is -0.120. The molecule has 1 rings (SSSR count). The Morgan fingerprint density at radius 2 is 1.44 bits per heavy atom. The van der Waals surface area contributed by atoms with E-state index in [0.717, 1.165) is 12.8 Å². The molecule has 1 heterocycles. The van der Waals surface area contributed by atoms with Gasteiger partial charge >= 0.3 is 0 Å². The van der Waals surface area contributed by atoms with Crippen LogP contribution in [-0.4, -0.2) is 33.1 Å². The van der Waals surface area contributed by atoms with Gasteiger partial charge in [-0.1, -0.05) is 0 Å². The summed E-state index contributed by atoms with van der Waals surface area (Å²) >= 11 is 0. The first-order valence-electron chi connectivity index (χ1n) is 6.11. The van der Waals surface area contributed by atoms with E-state index < -0.39 is 0 Å². The second kappa shape index (κ2) is 3.97. The van der Waals surface area contributed by atoms with Gasteiger partial charge in [-0.15, -0.1) is 0 Å². The van der Waals surface area contributed by atoms with Crippen LogP contribution in [0.2, 0.25) is 0 Å². The minimum atomic E-state index is -0.225. The average molecular weight is 229 g/mol. The van der Waals surface area contributed by atoms with E-state index in [2.05, 4.69) is 48.5 Å². The zero-order chi connectivity index (χ0) is 12.8. The lowest BCUT2D eigenvalue weighted by molar-refractivity contribution is -0.268. The lowest BCUT2D eigenvalue weighted by atomic mass is 9.80. The molecule has 3 heteroatoms. The third kappa shape index (κ3) is 3.19. The van der Waals surface area contributed by atoms with Crippen LogP contribution in [-0.2, 0) is 4.74 Å². The number of piperidine rings is 1. The maximum atomic E-state index is 10.2. The van der Waals surface area contributed by atoms with E-state index in [1.54, 1.807) is 0 Å². The summed E-state index contributed by atoms with van der Waals surface area (Å²) in [6.45, 7) is 14.5. The maximum Gasteiger partial charge on any atom is 0.0618 e. The van der Waals surface area contributed by atoms with E-state index in [9.17, 15) is 5.21 Å². The lowest BCUT2D eigenvalue weighted by Crippen LogP contribution is -2.61. The maximum absolute atomic E-state index is 10.2. The number of hydrogen-bond acceptors (Lipinski definition) is 3. The summed E-state index contributed by atoms with van der Waals surface area (Å²) in [6.07, 6.45) is 1.95. The van der Waals surface area contributed by atoms with Crippen LogP contribution in [0.5, 0.6) is 0 Å². The molecule has 16 heavy (non-hydrogen) atoms. The van der Waals surface area contributed by atoms with Crippen LogP contribution < -0.4 is 0 Å². The van der Waals surface area contributed by atoms with Gasteiger partial charge in [0.2, 0.25) is 0 Å². The van der Waals surface area contributed by atoms with E-state index in [1.165, 1.54) is 5.06 Å². The van der Waals surface area contributed by atoms with E-state index in [1.807, 2.05) is 0 Å². The summed E-state index contributed by atoms with van der Waals surface area (Å²) in [5.74, 6) is 0. The highest BCUT2D eigenvalue weighted by atomic mass is 16.5. The van der Waals surface area contributed by atoms with Gasteiger partial charge in [-0.25, -0.2) is 0 Å². The number of hydrogen-bond donors (Lipinski definition) is 1. The van der Waals surface area contributed by atoms with Crippen molar-refractivity contribution in [2.24, 2.45) is 0 Å². The highest BCUT2D eigenvalue weighted by Crippen LogP contribution is 2.39. The molecule has 0 aliphatic carbocycles. The fourth-order valence-corrected chi connectivity index (χ4v) is 2.76. The molecule has 0 aromatic rings. The third-order valence-electron chi connectivity index (χ3n) is 3.12. The van der Waals surface area contributed by atoms with E-state index in [4.69, 9.17) is 4.74 Å². The fourth-order valence-electron chi connectivity index (χ4n) is 2.76. The Morgan fingerprint density at radius 1 is 1.06 bits per heavy atom. The van der Waals surface area contributed by atoms with Crippen LogP contribution in [0.1, 0.15) is 61.3 Å². The van der Waals surface area contributed by atoms with Gasteiger partial charge in [-0.05, 0) is 61.3 Å². The minimum absolute atomic E-state index is 0.117. The molecule has 0 bridgehead atoms. The first-order valence-corrected chi connectivity index (χ1v) is 6.11. The predicted octanol–water partition coefficient (Wildman–Crippen LogP) is 3.21. The van der Waals surface area contributed by atoms with Crippen LogP contribution in [0.15, 0.2) is 0 Å². The number of nitrogens with zero attached hydrogens (tertiary/aromatic N) is 1. The molecule has 96 valence electrons. The van der Waals surface area contributed by atoms with Crippen molar-refractivity contribution in [2.75, 3.05) is 0 Å². The van der Waals surface area contributed by atoms with Crippen LogP contribution in [0.4, 0.5) is 0 Å². The quantitative estimate of drug-likeness (QED) is 0.749. The van der Waals surface area contributed by atoms with Gasteiger partial charge in [0, 0.05) is 11.1 Å². The zero-order valence-corrected chi connectivity index (χ0v) is 11.8. The largest absolute Gasteiger partial charge is 0.372 e. The monoisotopic (exact) mass is 229 g/mol. The molecule has 1 aliphatic rings. The highest BCUT2D eigenvalue weighted by Gasteiger charge is 2.46. The smallest absolute Gasteiger partial charge is 0.0618 e. The second-order valence-corrected chi connectivity index (χ2v) is 7.20. The van der Waals surface area contributed by atoms with Crippen LogP contribution in [0, 0.1) is 0 Å². The Bertz CT molecular complexity index is 235. The van der Waals surface area contributed by atoms with Crippen molar-refractivity contribution in [1.29, 1.82) is 0 Å². The molecule has 1 N–H and O–H groups in total. The molecule has 0 saturated carbocycles. The van der Waals surface area contributed by atoms with Gasteiger partial charge in [-0.2, -0.15) is 5.06 Å². The summed E-state index contributed by atoms with van der Waals surface area (Å²) in [4.78, 5) is 0. The van der Waals surface area contributed by atoms with Crippen molar-refractivity contribution in [3.05, 3.63) is 0 Å². The highest BCUT2D eigenvalue weighted by molar-refractivity contribution is 4.97. The first-order chi connectivity index (χ1) is 6.94. The number of ether oxygens (including phenoxy) is 1. The normalized spacial score (nSPS) is 27.0. The summed E-state index contributed by atoms with van der Waals surface area (Å²) in [5.41, 5.74) is -0.566. The summed E-state index contributed by atoms with van der Waals surface area (Å²) in [5, 5.41) is 11.6. The van der Waals surface area contributed by atoms with Gasteiger partial charge in [0.25, 0.3) is 0 Å². The Kier molecular flexibility index (Phi) is 3.46. The zero-order valence-electron chi connectivity index (χ0n) is 11.8. The average Bonchev–Trinajstić information content (AvgIpc) is 1.95. The van der Waals surface area contributed by atoms with Crippen molar-refractivity contribution in [3.8, 4) is 0 Å². The van der Waals surface area contributed by atoms with Crippen molar-refractivity contribution in [3.63, 3.8) is 0 Å². The molecular formula is C13H27NO2. The minimum Gasteiger partial charge on any atom is -0.372 e. The lowest BCUT2D eigenvalue weighted by Gasteiger charge is -2.52. The summed E-state index contributed by atoms with van der Waals surface area (Å²) in [6, 6.07) is 0. The molecule has 0 spiro atoms. The van der Waals surface area contributed by atoms with Crippen molar-refractivity contribution in [2.45, 2.75) is 84.1 Å². The van der Waals surface area contributed by atoms with E-state index in [-0.39, 0.29) is 22.8 Å². The molecule has 1 saturated heterocycles. The topological polar surface area (TPSA) is 32.7 Å². The Balaban J connectivity index is 2.79. The summed E-state index contributed by atoms with van der Waals surface area (Å²) in [7, 11) is 0. The first kappa shape index (κ1) is 13.9. The molecule has 1 fully saturated rings. The van der Waals surface area contributed by atoms with Crippen LogP contribution in [0.25, 0.3) is 0 Å². The van der Waals surface area contributed by atoms with Crippen molar-refractivity contribution < 1.29 is 9.94 Å². The van der Waals surface area contributed by atoms with Gasteiger partial charge in [0.05, 0.1) is 11.7 Å². The molecule has 0 aromatic heterocycles. The molecule has 0 atom stereocenters. The van der Waals surface area contributed by atoms with Crippen LogP contribution >= 0.6 is 0 Å². The molecule has 0 amide bonds. The Morgan fingerprint density at radius 3 is 1.75 bits per heavy atom. The molecule has 0 aromatic carbocycles. The van der Waals surface area contributed by atoms with Crippen molar-refractivity contribution in [1.82, 2.24) is 5.06 Å². The molecular weight excluding hydrogens is 202 g/mol. The van der Waals surface area contributed by atoms with Gasteiger partial charge in [0.1, 0.15) is 0 Å². The van der Waals surface area contributed by atoms with Crippen molar-refractivity contribution >= 4 is 0 Å². The van der Waals surface area contributed by atoms with Gasteiger partial charge in [0.15, 0.2) is 0 Å². The predicted molar refractivity (Wildman–Crippen MR) is 65.6 cm³/mol. The van der Waals surface area contributed by atoms with E-state index >= 15 is 0 Å². The molecule has 3 nitrogen and oxygen atoms in total. The second-order valence-electron chi connectivity index (χ2n) is 7.20. The summed E-state index contributed by atoms with van der Waals surface area (Å²) < 4.78 is 6.06. The van der Waals surface area contributed by atoms with Crippen LogP contribution in [0.3, 0.4) is 0 Å². The molecule has 1 aliphatic heterocycles. The third-order valence-corrected chi connectivity index (χ3v) is 3.12. The number of hydroxylamine groups is 2. The van der Waals surface area contributed by atoms with Gasteiger partial charge < -0.3 is 9.94 Å². The molecule has 0 unspecified atom stereocenters. The fraction of sp³-hybridized carbons (Fsp3) is 1.00. The van der Waals surface area contributed by atoms with Gasteiger partial charge in [-0.3, -0.25) is 0 Å². The Labute approximate surface area is 99.7 Å². The SMILES string of the molecule is CC(C)(C)OC1CC(C)(C)N(O)C(C)(C)C1. The standard InChI is InChI=1S/C13H27NO2/c1-11(2,3)16-10-8-12(4,5)14(15)13(6,7)9-10/h10,15H,8-9H2,1-7H3. The van der Waals surface area contributed by atoms with E-state index in [0.29, 0.717) is 0 Å². The molecule has 0 radical (unpaired) electrons. The number of rotatable bonds is 1.